The maximum absolute atomic E-state index is 5.97. The van der Waals surface area contributed by atoms with Gasteiger partial charge in [-0.05, 0) is 13.8 Å². The van der Waals surface area contributed by atoms with Crippen molar-refractivity contribution in [2.45, 2.75) is 20.5 Å². The molecule has 0 atom stereocenters. The average molecular weight is 227 g/mol. The van der Waals surface area contributed by atoms with Crippen LogP contribution in [0.25, 0.3) is 5.65 Å². The molecule has 0 saturated heterocycles. The van der Waals surface area contributed by atoms with Crippen LogP contribution in [-0.2, 0) is 11.3 Å². The summed E-state index contributed by atoms with van der Waals surface area (Å²) in [5.74, 6) is 0.734. The zero-order valence-electron chi connectivity index (χ0n) is 8.78. The van der Waals surface area contributed by atoms with Gasteiger partial charge < -0.3 is 4.74 Å². The highest BCUT2D eigenvalue weighted by Crippen LogP contribution is 2.18. The largest absolute Gasteiger partial charge is 0.377 e. The van der Waals surface area contributed by atoms with Gasteiger partial charge in [0.15, 0.2) is 16.6 Å². The molecule has 0 saturated carbocycles. The lowest BCUT2D eigenvalue weighted by molar-refractivity contribution is 0.176. The van der Waals surface area contributed by atoms with Gasteiger partial charge in [-0.25, -0.2) is 4.98 Å². The Morgan fingerprint density at radius 2 is 2.07 bits per heavy atom. The van der Waals surface area contributed by atoms with Gasteiger partial charge in [-0.2, -0.15) is 0 Å². The van der Waals surface area contributed by atoms with E-state index in [1.165, 1.54) is 0 Å². The molecule has 15 heavy (non-hydrogen) atoms. The van der Waals surface area contributed by atoms with Crippen LogP contribution in [0.5, 0.6) is 0 Å². The standard InChI is InChI=1S/C9H11ClN4O/c1-5-6(2)14-7(4-15-3)12-13-9(14)8(10)11-5/h4H2,1-3H3. The molecule has 2 rings (SSSR count). The molecule has 80 valence electrons. The Morgan fingerprint density at radius 3 is 2.73 bits per heavy atom. The molecule has 0 aromatic carbocycles. The zero-order chi connectivity index (χ0) is 11.0. The second-order valence-corrected chi connectivity index (χ2v) is 3.64. The summed E-state index contributed by atoms with van der Waals surface area (Å²) in [4.78, 5) is 4.18. The molecule has 2 aromatic heterocycles. The molecule has 0 bridgehead atoms. The second-order valence-electron chi connectivity index (χ2n) is 3.28. The molecule has 5 nitrogen and oxygen atoms in total. The van der Waals surface area contributed by atoms with E-state index in [0.29, 0.717) is 17.4 Å². The van der Waals surface area contributed by atoms with Crippen LogP contribution in [0.3, 0.4) is 0 Å². The molecule has 0 aliphatic heterocycles. The summed E-state index contributed by atoms with van der Waals surface area (Å²) in [6.07, 6.45) is 0. The first kappa shape index (κ1) is 10.3. The Kier molecular flexibility index (Phi) is 2.58. The molecule has 0 radical (unpaired) electrons. The van der Waals surface area contributed by atoms with Crippen molar-refractivity contribution >= 4 is 17.2 Å². The van der Waals surface area contributed by atoms with Crippen molar-refractivity contribution < 1.29 is 4.74 Å². The lowest BCUT2D eigenvalue weighted by Crippen LogP contribution is -2.03. The first-order valence-electron chi connectivity index (χ1n) is 4.50. The highest BCUT2D eigenvalue weighted by atomic mass is 35.5. The van der Waals surface area contributed by atoms with E-state index in [0.717, 1.165) is 17.2 Å². The third-order valence-corrected chi connectivity index (χ3v) is 2.57. The topological polar surface area (TPSA) is 52.3 Å². The molecule has 0 spiro atoms. The fourth-order valence-electron chi connectivity index (χ4n) is 1.47. The fourth-order valence-corrected chi connectivity index (χ4v) is 1.71. The SMILES string of the molecule is COCc1nnc2c(Cl)nc(C)c(C)n12. The van der Waals surface area contributed by atoms with Gasteiger partial charge in [-0.15, -0.1) is 10.2 Å². The van der Waals surface area contributed by atoms with Gasteiger partial charge in [0.05, 0.1) is 5.69 Å². The minimum absolute atomic E-state index is 0.368. The minimum atomic E-state index is 0.368. The van der Waals surface area contributed by atoms with Crippen LogP contribution in [0.2, 0.25) is 5.15 Å². The Hall–Kier alpha value is -1.20. The normalized spacial score (nSPS) is 11.2. The quantitative estimate of drug-likeness (QED) is 0.780. The smallest absolute Gasteiger partial charge is 0.198 e. The molecule has 6 heteroatoms. The number of halogens is 1. The lowest BCUT2D eigenvalue weighted by atomic mass is 10.3. The molecule has 2 heterocycles. The van der Waals surface area contributed by atoms with Crippen molar-refractivity contribution in [3.8, 4) is 0 Å². The number of hydrogen-bond donors (Lipinski definition) is 0. The second kappa shape index (κ2) is 3.75. The number of rotatable bonds is 2. The molecule has 0 aliphatic rings. The predicted molar refractivity (Wildman–Crippen MR) is 56.0 cm³/mol. The Labute approximate surface area is 92.1 Å². The summed E-state index contributed by atoms with van der Waals surface area (Å²) in [5, 5.41) is 8.36. The van der Waals surface area contributed by atoms with Gasteiger partial charge in [-0.3, -0.25) is 4.40 Å². The summed E-state index contributed by atoms with van der Waals surface area (Å²) in [5.41, 5.74) is 2.42. The van der Waals surface area contributed by atoms with E-state index >= 15 is 0 Å². The number of ether oxygens (including phenoxy) is 1. The Bertz CT molecular complexity index is 508. The van der Waals surface area contributed by atoms with E-state index in [1.807, 2.05) is 18.2 Å². The van der Waals surface area contributed by atoms with Crippen LogP contribution in [-0.4, -0.2) is 26.7 Å². The van der Waals surface area contributed by atoms with Gasteiger partial charge in [0.2, 0.25) is 0 Å². The van der Waals surface area contributed by atoms with Crippen LogP contribution in [0.1, 0.15) is 17.2 Å². The number of hydrogen-bond acceptors (Lipinski definition) is 4. The molecule has 0 N–H and O–H groups in total. The average Bonchev–Trinajstić information content (AvgIpc) is 2.60. The molecular formula is C9H11ClN4O. The van der Waals surface area contributed by atoms with Gasteiger partial charge in [0.1, 0.15) is 6.61 Å². The molecule has 2 aromatic rings. The summed E-state index contributed by atoms with van der Waals surface area (Å²) in [6, 6.07) is 0. The van der Waals surface area contributed by atoms with Crippen molar-refractivity contribution in [1.29, 1.82) is 0 Å². The van der Waals surface area contributed by atoms with E-state index < -0.39 is 0 Å². The van der Waals surface area contributed by atoms with Crippen LogP contribution >= 0.6 is 11.6 Å². The number of nitrogens with zero attached hydrogens (tertiary/aromatic N) is 4. The maximum atomic E-state index is 5.97. The van der Waals surface area contributed by atoms with Crippen LogP contribution in [0.15, 0.2) is 0 Å². The number of aromatic nitrogens is 4. The number of aryl methyl sites for hydroxylation is 2. The maximum Gasteiger partial charge on any atom is 0.198 e. The summed E-state index contributed by atoms with van der Waals surface area (Å²) in [6.45, 7) is 4.26. The van der Waals surface area contributed by atoms with Crippen LogP contribution in [0, 0.1) is 13.8 Å². The summed E-state index contributed by atoms with van der Waals surface area (Å²) < 4.78 is 6.91. The third kappa shape index (κ3) is 1.57. The van der Waals surface area contributed by atoms with Gasteiger partial charge in [-0.1, -0.05) is 11.6 Å². The summed E-state index contributed by atoms with van der Waals surface area (Å²) in [7, 11) is 1.62. The van der Waals surface area contributed by atoms with E-state index in [1.54, 1.807) is 7.11 Å². The first-order valence-corrected chi connectivity index (χ1v) is 4.88. The number of methoxy groups -OCH3 is 1. The fraction of sp³-hybridized carbons (Fsp3) is 0.444. The Morgan fingerprint density at radius 1 is 1.33 bits per heavy atom. The molecule has 0 unspecified atom stereocenters. The van der Waals surface area contributed by atoms with Gasteiger partial charge in [0.25, 0.3) is 0 Å². The zero-order valence-corrected chi connectivity index (χ0v) is 9.54. The van der Waals surface area contributed by atoms with Gasteiger partial charge in [0, 0.05) is 12.8 Å². The van der Waals surface area contributed by atoms with E-state index in [2.05, 4.69) is 15.2 Å². The van der Waals surface area contributed by atoms with E-state index in [9.17, 15) is 0 Å². The van der Waals surface area contributed by atoms with E-state index in [-0.39, 0.29) is 0 Å². The van der Waals surface area contributed by atoms with Crippen molar-refractivity contribution in [1.82, 2.24) is 19.6 Å². The summed E-state index contributed by atoms with van der Waals surface area (Å²) >= 11 is 5.97. The highest BCUT2D eigenvalue weighted by Gasteiger charge is 2.13. The van der Waals surface area contributed by atoms with Crippen molar-refractivity contribution in [3.63, 3.8) is 0 Å². The first-order chi connectivity index (χ1) is 7.15. The minimum Gasteiger partial charge on any atom is -0.377 e. The predicted octanol–water partition coefficient (Wildman–Crippen LogP) is 1.54. The Balaban J connectivity index is 2.77. The molecule has 0 amide bonds. The third-order valence-electron chi connectivity index (χ3n) is 2.31. The van der Waals surface area contributed by atoms with E-state index in [4.69, 9.17) is 16.3 Å². The molecular weight excluding hydrogens is 216 g/mol. The highest BCUT2D eigenvalue weighted by molar-refractivity contribution is 6.32. The molecule has 0 fully saturated rings. The van der Waals surface area contributed by atoms with Crippen molar-refractivity contribution in [3.05, 3.63) is 22.4 Å². The van der Waals surface area contributed by atoms with Crippen molar-refractivity contribution in [2.75, 3.05) is 7.11 Å². The lowest BCUT2D eigenvalue weighted by Gasteiger charge is -2.06. The number of fused-ring (bicyclic) bond motifs is 1. The van der Waals surface area contributed by atoms with Crippen molar-refractivity contribution in [2.24, 2.45) is 0 Å². The molecule has 0 aliphatic carbocycles. The van der Waals surface area contributed by atoms with Crippen LogP contribution < -0.4 is 0 Å². The van der Waals surface area contributed by atoms with Crippen LogP contribution in [0.4, 0.5) is 0 Å². The van der Waals surface area contributed by atoms with Gasteiger partial charge >= 0.3 is 0 Å². The monoisotopic (exact) mass is 226 g/mol.